The van der Waals surface area contributed by atoms with Crippen molar-refractivity contribution >= 4 is 51.5 Å². The van der Waals surface area contributed by atoms with E-state index < -0.39 is 5.78 Å². The first kappa shape index (κ1) is 17.3. The SMILES string of the molecule is COc1ccc2c(N=C(C)N)c(C(=O)c3ccc(Cl)cc3Cl)oc2c1. The highest BCUT2D eigenvalue weighted by molar-refractivity contribution is 6.37. The molecule has 0 bridgehead atoms. The maximum atomic E-state index is 12.9. The Bertz CT molecular complexity index is 1000. The Labute approximate surface area is 154 Å². The molecule has 25 heavy (non-hydrogen) atoms. The minimum atomic E-state index is -0.406. The van der Waals surface area contributed by atoms with Crippen molar-refractivity contribution < 1.29 is 13.9 Å². The van der Waals surface area contributed by atoms with Gasteiger partial charge in [-0.25, -0.2) is 4.99 Å². The normalized spacial score (nSPS) is 11.8. The molecule has 1 heterocycles. The van der Waals surface area contributed by atoms with Crippen LogP contribution in [-0.4, -0.2) is 18.7 Å². The number of rotatable bonds is 4. The van der Waals surface area contributed by atoms with Crippen LogP contribution in [0.1, 0.15) is 23.0 Å². The van der Waals surface area contributed by atoms with E-state index in [9.17, 15) is 4.79 Å². The predicted molar refractivity (Wildman–Crippen MR) is 99.6 cm³/mol. The van der Waals surface area contributed by atoms with Crippen molar-refractivity contribution in [1.29, 1.82) is 0 Å². The Balaban J connectivity index is 2.23. The van der Waals surface area contributed by atoms with Crippen LogP contribution in [0, 0.1) is 0 Å². The van der Waals surface area contributed by atoms with Crippen LogP contribution < -0.4 is 10.5 Å². The summed E-state index contributed by atoms with van der Waals surface area (Å²) in [5.41, 5.74) is 6.80. The summed E-state index contributed by atoms with van der Waals surface area (Å²) in [4.78, 5) is 17.2. The van der Waals surface area contributed by atoms with Crippen LogP contribution in [0.2, 0.25) is 10.0 Å². The van der Waals surface area contributed by atoms with Crippen LogP contribution in [0.25, 0.3) is 11.0 Å². The summed E-state index contributed by atoms with van der Waals surface area (Å²) in [6.45, 7) is 1.63. The number of fused-ring (bicyclic) bond motifs is 1. The van der Waals surface area contributed by atoms with Gasteiger partial charge >= 0.3 is 0 Å². The second kappa shape index (κ2) is 6.78. The number of carbonyl (C=O) groups is 1. The smallest absolute Gasteiger partial charge is 0.231 e. The molecule has 0 saturated heterocycles. The maximum absolute atomic E-state index is 12.9. The number of nitrogens with zero attached hydrogens (tertiary/aromatic N) is 1. The topological polar surface area (TPSA) is 77.8 Å². The standard InChI is InChI=1S/C18H14Cl2N2O3/c1-9(21)22-16-13-6-4-11(24-2)8-15(13)25-18(16)17(23)12-5-3-10(19)7-14(12)20/h3-8H,1-2H3,(H2,21,22). The number of benzene rings is 2. The lowest BCUT2D eigenvalue weighted by Gasteiger charge is -2.03. The quantitative estimate of drug-likeness (QED) is 0.395. The predicted octanol–water partition coefficient (Wildman–Crippen LogP) is 4.99. The molecule has 2 aromatic carbocycles. The van der Waals surface area contributed by atoms with Gasteiger partial charge in [-0.3, -0.25) is 4.79 Å². The van der Waals surface area contributed by atoms with E-state index in [0.717, 1.165) is 0 Å². The summed E-state index contributed by atoms with van der Waals surface area (Å²) in [6, 6.07) is 9.83. The molecule has 0 aliphatic heterocycles. The highest BCUT2D eigenvalue weighted by Gasteiger charge is 2.24. The maximum Gasteiger partial charge on any atom is 0.231 e. The summed E-state index contributed by atoms with van der Waals surface area (Å²) in [5.74, 6) is 0.550. The van der Waals surface area contributed by atoms with Crippen LogP contribution >= 0.6 is 23.2 Å². The van der Waals surface area contributed by atoms with E-state index in [1.165, 1.54) is 6.07 Å². The Morgan fingerprint density at radius 2 is 1.96 bits per heavy atom. The van der Waals surface area contributed by atoms with Gasteiger partial charge in [0.1, 0.15) is 17.0 Å². The van der Waals surface area contributed by atoms with Crippen LogP contribution in [0.3, 0.4) is 0 Å². The van der Waals surface area contributed by atoms with Crippen molar-refractivity contribution in [3.05, 3.63) is 57.8 Å². The third-order valence-electron chi connectivity index (χ3n) is 3.54. The second-order valence-corrected chi connectivity index (χ2v) is 6.19. The van der Waals surface area contributed by atoms with Gasteiger partial charge in [0, 0.05) is 22.0 Å². The van der Waals surface area contributed by atoms with Gasteiger partial charge in [-0.2, -0.15) is 0 Å². The van der Waals surface area contributed by atoms with E-state index in [-0.39, 0.29) is 16.3 Å². The number of nitrogens with two attached hydrogens (primary N) is 1. The van der Waals surface area contributed by atoms with Gasteiger partial charge in [-0.1, -0.05) is 23.2 Å². The van der Waals surface area contributed by atoms with E-state index >= 15 is 0 Å². The highest BCUT2D eigenvalue weighted by Crippen LogP contribution is 2.37. The zero-order valence-corrected chi connectivity index (χ0v) is 15.0. The molecule has 5 nitrogen and oxygen atoms in total. The number of aliphatic imine (C=N–C) groups is 1. The minimum Gasteiger partial charge on any atom is -0.497 e. The molecule has 1 aromatic heterocycles. The lowest BCUT2D eigenvalue weighted by molar-refractivity contribution is 0.101. The molecule has 0 amide bonds. The first-order chi connectivity index (χ1) is 11.9. The van der Waals surface area contributed by atoms with Crippen molar-refractivity contribution in [2.45, 2.75) is 6.92 Å². The molecule has 2 N–H and O–H groups in total. The molecule has 3 aromatic rings. The molecule has 0 spiro atoms. The molecule has 0 saturated carbocycles. The Hall–Kier alpha value is -2.50. The molecule has 128 valence electrons. The molecule has 0 unspecified atom stereocenters. The summed E-state index contributed by atoms with van der Waals surface area (Å²) >= 11 is 12.0. The Morgan fingerprint density at radius 1 is 1.20 bits per heavy atom. The van der Waals surface area contributed by atoms with E-state index in [4.69, 9.17) is 38.1 Å². The number of hydrogen-bond acceptors (Lipinski definition) is 4. The van der Waals surface area contributed by atoms with Crippen molar-refractivity contribution in [3.63, 3.8) is 0 Å². The van der Waals surface area contributed by atoms with Crippen molar-refractivity contribution in [2.75, 3.05) is 7.11 Å². The molecule has 0 fully saturated rings. The van der Waals surface area contributed by atoms with Gasteiger partial charge in [0.15, 0.2) is 0 Å². The van der Waals surface area contributed by atoms with Gasteiger partial charge in [0.2, 0.25) is 11.5 Å². The van der Waals surface area contributed by atoms with Gasteiger partial charge in [-0.15, -0.1) is 0 Å². The molecule has 0 aliphatic carbocycles. The number of hydrogen-bond donors (Lipinski definition) is 1. The third kappa shape index (κ3) is 3.34. The fourth-order valence-electron chi connectivity index (χ4n) is 2.43. The molecular formula is C18H14Cl2N2O3. The fourth-order valence-corrected chi connectivity index (χ4v) is 2.92. The van der Waals surface area contributed by atoms with E-state index in [1.54, 1.807) is 44.4 Å². The number of methoxy groups -OCH3 is 1. The van der Waals surface area contributed by atoms with Crippen LogP contribution in [0.5, 0.6) is 5.75 Å². The van der Waals surface area contributed by atoms with Gasteiger partial charge in [0.05, 0.1) is 18.0 Å². The van der Waals surface area contributed by atoms with E-state index in [1.807, 2.05) is 0 Å². The summed E-state index contributed by atoms with van der Waals surface area (Å²) in [7, 11) is 1.55. The fraction of sp³-hybridized carbons (Fsp3) is 0.111. The number of amidine groups is 1. The molecule has 0 atom stereocenters. The average molecular weight is 377 g/mol. The van der Waals surface area contributed by atoms with Gasteiger partial charge in [0.25, 0.3) is 0 Å². The Kier molecular flexibility index (Phi) is 4.70. The second-order valence-electron chi connectivity index (χ2n) is 5.35. The highest BCUT2D eigenvalue weighted by atomic mass is 35.5. The first-order valence-corrected chi connectivity index (χ1v) is 8.07. The monoisotopic (exact) mass is 376 g/mol. The lowest BCUT2D eigenvalue weighted by atomic mass is 10.1. The number of halogens is 2. The van der Waals surface area contributed by atoms with Gasteiger partial charge in [-0.05, 0) is 37.3 Å². The number of furan rings is 1. The minimum absolute atomic E-state index is 0.0530. The summed E-state index contributed by atoms with van der Waals surface area (Å²) < 4.78 is 10.9. The molecule has 7 heteroatoms. The largest absolute Gasteiger partial charge is 0.497 e. The molecular weight excluding hydrogens is 363 g/mol. The van der Waals surface area contributed by atoms with Crippen molar-refractivity contribution in [3.8, 4) is 5.75 Å². The number of carbonyl (C=O) groups excluding carboxylic acids is 1. The average Bonchev–Trinajstić information content (AvgIpc) is 2.91. The zero-order valence-electron chi connectivity index (χ0n) is 13.5. The van der Waals surface area contributed by atoms with E-state index in [0.29, 0.717) is 33.3 Å². The molecule has 0 aliphatic rings. The number of ketones is 1. The lowest BCUT2D eigenvalue weighted by Crippen LogP contribution is -2.05. The third-order valence-corrected chi connectivity index (χ3v) is 4.09. The van der Waals surface area contributed by atoms with Crippen molar-refractivity contribution in [2.24, 2.45) is 10.7 Å². The van der Waals surface area contributed by atoms with Crippen molar-refractivity contribution in [1.82, 2.24) is 0 Å². The van der Waals surface area contributed by atoms with Crippen LogP contribution in [0.15, 0.2) is 45.8 Å². The summed E-state index contributed by atoms with van der Waals surface area (Å²) in [6.07, 6.45) is 0. The van der Waals surface area contributed by atoms with Crippen LogP contribution in [0.4, 0.5) is 5.69 Å². The molecule has 3 rings (SSSR count). The molecule has 0 radical (unpaired) electrons. The summed E-state index contributed by atoms with van der Waals surface area (Å²) in [5, 5.41) is 1.32. The van der Waals surface area contributed by atoms with E-state index in [2.05, 4.69) is 4.99 Å². The zero-order chi connectivity index (χ0) is 18.1. The number of ether oxygens (including phenoxy) is 1. The van der Waals surface area contributed by atoms with Gasteiger partial charge < -0.3 is 14.9 Å². The Morgan fingerprint density at radius 3 is 2.60 bits per heavy atom. The van der Waals surface area contributed by atoms with Crippen LogP contribution in [-0.2, 0) is 0 Å². The first-order valence-electron chi connectivity index (χ1n) is 7.31.